The van der Waals surface area contributed by atoms with Crippen LogP contribution in [0.15, 0.2) is 29.4 Å². The molecule has 0 fully saturated rings. The highest BCUT2D eigenvalue weighted by atomic mass is 19.1. The maximum absolute atomic E-state index is 13.5. The summed E-state index contributed by atoms with van der Waals surface area (Å²) in [6, 6.07) is 6.40. The fraction of sp³-hybridized carbons (Fsp3) is 0.182. The van der Waals surface area contributed by atoms with Crippen molar-refractivity contribution in [3.05, 3.63) is 51.7 Å². The molecule has 0 spiro atoms. The molecule has 80 valence electrons. The van der Waals surface area contributed by atoms with Gasteiger partial charge in [-0.2, -0.15) is 5.26 Å². The van der Waals surface area contributed by atoms with Gasteiger partial charge in [-0.05, 0) is 18.0 Å². The van der Waals surface area contributed by atoms with E-state index in [0.29, 0.717) is 18.5 Å². The van der Waals surface area contributed by atoms with Crippen LogP contribution in [-0.2, 0) is 0 Å². The van der Waals surface area contributed by atoms with Crippen LogP contribution in [0.4, 0.5) is 4.39 Å². The molecule has 0 saturated heterocycles. The molecule has 1 rings (SSSR count). The number of hydrogen-bond acceptors (Lipinski definition) is 2. The zero-order chi connectivity index (χ0) is 11.8. The minimum absolute atomic E-state index is 0.0252. The number of halogens is 1. The van der Waals surface area contributed by atoms with Gasteiger partial charge in [0.15, 0.2) is 0 Å². The lowest BCUT2D eigenvalue weighted by molar-refractivity contribution is 0.621. The zero-order valence-corrected chi connectivity index (χ0v) is 8.47. The van der Waals surface area contributed by atoms with Crippen LogP contribution in [0.3, 0.4) is 0 Å². The van der Waals surface area contributed by atoms with E-state index in [2.05, 4.69) is 10.0 Å². The molecule has 1 aromatic carbocycles. The van der Waals surface area contributed by atoms with Gasteiger partial charge in [0.2, 0.25) is 0 Å². The van der Waals surface area contributed by atoms with E-state index in [0.717, 1.165) is 0 Å². The first-order chi connectivity index (χ1) is 7.79. The summed E-state index contributed by atoms with van der Waals surface area (Å²) in [4.78, 5) is 2.60. The van der Waals surface area contributed by atoms with Gasteiger partial charge < -0.3 is 0 Å². The third-order valence-corrected chi connectivity index (χ3v) is 1.91. The van der Waals surface area contributed by atoms with Gasteiger partial charge in [-0.25, -0.2) is 4.39 Å². The van der Waals surface area contributed by atoms with Crippen LogP contribution in [0, 0.1) is 17.1 Å². The van der Waals surface area contributed by atoms with Crippen LogP contribution >= 0.6 is 0 Å². The van der Waals surface area contributed by atoms with Crippen LogP contribution in [-0.4, -0.2) is 6.54 Å². The van der Waals surface area contributed by atoms with Crippen molar-refractivity contribution in [2.45, 2.75) is 6.42 Å². The number of benzene rings is 1. The van der Waals surface area contributed by atoms with Crippen molar-refractivity contribution in [2.24, 2.45) is 5.11 Å². The van der Waals surface area contributed by atoms with Gasteiger partial charge in [-0.1, -0.05) is 29.4 Å². The van der Waals surface area contributed by atoms with Crippen LogP contribution < -0.4 is 0 Å². The SMILES string of the molecule is N#Cc1cccc(C=CCCN=[N+]=[N-])c1F. The van der Waals surface area contributed by atoms with Crippen molar-refractivity contribution in [1.29, 1.82) is 5.26 Å². The monoisotopic (exact) mass is 216 g/mol. The Morgan fingerprint density at radius 1 is 1.56 bits per heavy atom. The molecule has 5 heteroatoms. The van der Waals surface area contributed by atoms with Crippen molar-refractivity contribution in [2.75, 3.05) is 6.54 Å². The lowest BCUT2D eigenvalue weighted by atomic mass is 10.1. The first-order valence-corrected chi connectivity index (χ1v) is 4.65. The van der Waals surface area contributed by atoms with Crippen molar-refractivity contribution >= 4 is 6.08 Å². The van der Waals surface area contributed by atoms with Gasteiger partial charge >= 0.3 is 0 Å². The predicted molar refractivity (Wildman–Crippen MR) is 58.8 cm³/mol. The summed E-state index contributed by atoms with van der Waals surface area (Å²) >= 11 is 0. The Labute approximate surface area is 92.3 Å². The molecule has 0 aliphatic heterocycles. The molecular weight excluding hydrogens is 207 g/mol. The quantitative estimate of drug-likeness (QED) is 0.329. The Morgan fingerprint density at radius 2 is 2.38 bits per heavy atom. The number of nitriles is 1. The van der Waals surface area contributed by atoms with E-state index in [1.54, 1.807) is 30.4 Å². The van der Waals surface area contributed by atoms with E-state index in [9.17, 15) is 4.39 Å². The normalized spacial score (nSPS) is 9.75. The maximum Gasteiger partial charge on any atom is 0.148 e. The summed E-state index contributed by atoms with van der Waals surface area (Å²) in [6.45, 7) is 0.340. The average molecular weight is 216 g/mol. The zero-order valence-electron chi connectivity index (χ0n) is 8.47. The predicted octanol–water partition coefficient (Wildman–Crippen LogP) is 3.41. The molecular formula is C11H9FN4. The van der Waals surface area contributed by atoms with Crippen molar-refractivity contribution in [3.8, 4) is 6.07 Å². The van der Waals surface area contributed by atoms with Crippen LogP contribution in [0.5, 0.6) is 0 Å². The van der Waals surface area contributed by atoms with Crippen LogP contribution in [0.2, 0.25) is 0 Å². The van der Waals surface area contributed by atoms with Gasteiger partial charge in [0.05, 0.1) is 5.56 Å². The number of nitrogens with zero attached hydrogens (tertiary/aromatic N) is 4. The average Bonchev–Trinajstić information content (AvgIpc) is 2.31. The lowest BCUT2D eigenvalue weighted by Gasteiger charge is -1.97. The molecule has 0 radical (unpaired) electrons. The highest BCUT2D eigenvalue weighted by molar-refractivity contribution is 5.53. The molecule has 0 amide bonds. The second kappa shape index (κ2) is 6.23. The Bertz CT molecular complexity index is 481. The summed E-state index contributed by atoms with van der Waals surface area (Å²) in [6.07, 6.45) is 3.82. The lowest BCUT2D eigenvalue weighted by Crippen LogP contribution is -1.87. The summed E-state index contributed by atoms with van der Waals surface area (Å²) < 4.78 is 13.5. The second-order valence-electron chi connectivity index (χ2n) is 2.97. The smallest absolute Gasteiger partial charge is 0.148 e. The molecule has 0 aromatic heterocycles. The van der Waals surface area contributed by atoms with Gasteiger partial charge in [-0.3, -0.25) is 0 Å². The molecule has 0 saturated carbocycles. The van der Waals surface area contributed by atoms with Gasteiger partial charge in [0.25, 0.3) is 0 Å². The van der Waals surface area contributed by atoms with Crippen molar-refractivity contribution in [3.63, 3.8) is 0 Å². The third kappa shape index (κ3) is 3.12. The molecule has 0 aliphatic carbocycles. The topological polar surface area (TPSA) is 72.5 Å². The minimum Gasteiger partial charge on any atom is -0.205 e. The molecule has 0 unspecified atom stereocenters. The molecule has 4 nitrogen and oxygen atoms in total. The highest BCUT2D eigenvalue weighted by Crippen LogP contribution is 2.13. The summed E-state index contributed by atoms with van der Waals surface area (Å²) in [5.74, 6) is -0.523. The van der Waals surface area contributed by atoms with Crippen LogP contribution in [0.1, 0.15) is 17.5 Å². The van der Waals surface area contributed by atoms with Crippen molar-refractivity contribution in [1.82, 2.24) is 0 Å². The largest absolute Gasteiger partial charge is 0.205 e. The van der Waals surface area contributed by atoms with E-state index < -0.39 is 5.82 Å². The molecule has 16 heavy (non-hydrogen) atoms. The van der Waals surface area contributed by atoms with Gasteiger partial charge in [0.1, 0.15) is 11.9 Å². The molecule has 0 heterocycles. The van der Waals surface area contributed by atoms with Crippen LogP contribution in [0.25, 0.3) is 16.5 Å². The Kier molecular flexibility index (Phi) is 4.58. The molecule has 0 aliphatic rings. The number of azide groups is 1. The van der Waals surface area contributed by atoms with Gasteiger partial charge in [0, 0.05) is 17.0 Å². The summed E-state index contributed by atoms with van der Waals surface area (Å²) in [5.41, 5.74) is 8.42. The Balaban J connectivity index is 2.74. The Morgan fingerprint density at radius 3 is 3.06 bits per heavy atom. The Hall–Kier alpha value is -2.31. The summed E-state index contributed by atoms with van der Waals surface area (Å²) in [5, 5.41) is 12.0. The first kappa shape index (κ1) is 11.8. The first-order valence-electron chi connectivity index (χ1n) is 4.65. The summed E-state index contributed by atoms with van der Waals surface area (Å²) in [7, 11) is 0. The minimum atomic E-state index is -0.523. The maximum atomic E-state index is 13.5. The number of hydrogen-bond donors (Lipinski definition) is 0. The van der Waals surface area contributed by atoms with E-state index in [1.165, 1.54) is 6.07 Å². The van der Waals surface area contributed by atoms with Gasteiger partial charge in [-0.15, -0.1) is 0 Å². The molecule has 0 N–H and O–H groups in total. The highest BCUT2D eigenvalue weighted by Gasteiger charge is 2.03. The van der Waals surface area contributed by atoms with E-state index >= 15 is 0 Å². The van der Waals surface area contributed by atoms with E-state index in [-0.39, 0.29) is 5.56 Å². The van der Waals surface area contributed by atoms with E-state index in [4.69, 9.17) is 10.8 Å². The standard InChI is InChI=1S/C11H9FN4/c12-11-9(4-1-2-7-15-16-14)5-3-6-10(11)8-13/h1,3-6H,2,7H2. The second-order valence-corrected chi connectivity index (χ2v) is 2.97. The molecule has 0 atom stereocenters. The molecule has 0 bridgehead atoms. The van der Waals surface area contributed by atoms with E-state index in [1.807, 2.05) is 0 Å². The third-order valence-electron chi connectivity index (χ3n) is 1.91. The fourth-order valence-electron chi connectivity index (χ4n) is 1.15. The van der Waals surface area contributed by atoms with Crippen molar-refractivity contribution < 1.29 is 4.39 Å². The number of rotatable bonds is 4. The molecule has 1 aromatic rings. The fourth-order valence-corrected chi connectivity index (χ4v) is 1.15.